The number of halogens is 4. The van der Waals surface area contributed by atoms with E-state index in [4.69, 9.17) is 4.74 Å². The zero-order chi connectivity index (χ0) is 17.1. The van der Waals surface area contributed by atoms with E-state index < -0.39 is 12.6 Å². The van der Waals surface area contributed by atoms with Gasteiger partial charge in [-0.3, -0.25) is 4.99 Å². The van der Waals surface area contributed by atoms with Crippen molar-refractivity contribution in [1.82, 2.24) is 10.6 Å². The van der Waals surface area contributed by atoms with E-state index in [1.54, 1.807) is 0 Å². The number of guanidine groups is 1. The van der Waals surface area contributed by atoms with Crippen molar-refractivity contribution in [3.8, 4) is 0 Å². The molecule has 0 bridgehead atoms. The van der Waals surface area contributed by atoms with Crippen LogP contribution in [0.1, 0.15) is 52.4 Å². The first-order chi connectivity index (χ1) is 11.0. The summed E-state index contributed by atoms with van der Waals surface area (Å²) in [4.78, 5) is 4.37. The quantitative estimate of drug-likeness (QED) is 0.306. The van der Waals surface area contributed by atoms with Crippen molar-refractivity contribution in [3.05, 3.63) is 0 Å². The molecule has 144 valence electrons. The summed E-state index contributed by atoms with van der Waals surface area (Å²) in [5, 5.41) is 5.71. The summed E-state index contributed by atoms with van der Waals surface area (Å²) in [6, 6.07) is 0. The molecular formula is C16H31F3IN3O. The molecule has 0 amide bonds. The fourth-order valence-electron chi connectivity index (χ4n) is 2.97. The van der Waals surface area contributed by atoms with Crippen molar-refractivity contribution in [2.24, 2.45) is 10.9 Å². The van der Waals surface area contributed by atoms with Crippen LogP contribution in [0.4, 0.5) is 13.2 Å². The molecule has 0 aliphatic heterocycles. The second-order valence-electron chi connectivity index (χ2n) is 5.88. The minimum atomic E-state index is -4.15. The molecule has 1 atom stereocenters. The standard InChI is InChI=1S/C16H30F3N3O.HI/c1-3-20-15(22-12-10-16(17,18)19)21-11-9-14(23-4-2)13-7-5-6-8-13;/h13-14H,3-12H2,1-2H3,(H2,20,21,22);1H. The highest BCUT2D eigenvalue weighted by Gasteiger charge is 2.26. The Morgan fingerprint density at radius 3 is 2.42 bits per heavy atom. The number of alkyl halides is 3. The molecule has 0 heterocycles. The number of hydrogen-bond acceptors (Lipinski definition) is 2. The summed E-state index contributed by atoms with van der Waals surface area (Å²) in [5.74, 6) is 1.05. The third-order valence-electron chi connectivity index (χ3n) is 4.04. The van der Waals surface area contributed by atoms with Crippen LogP contribution in [0.25, 0.3) is 0 Å². The summed E-state index contributed by atoms with van der Waals surface area (Å²) in [5.41, 5.74) is 0. The molecule has 1 aliphatic rings. The Bertz CT molecular complexity index is 348. The van der Waals surface area contributed by atoms with Crippen LogP contribution in [-0.2, 0) is 4.74 Å². The number of rotatable bonds is 9. The van der Waals surface area contributed by atoms with Crippen molar-refractivity contribution >= 4 is 29.9 Å². The Morgan fingerprint density at radius 2 is 1.88 bits per heavy atom. The van der Waals surface area contributed by atoms with Gasteiger partial charge in [-0.05, 0) is 39.0 Å². The lowest BCUT2D eigenvalue weighted by Crippen LogP contribution is -2.39. The minimum absolute atomic E-state index is 0. The zero-order valence-electron chi connectivity index (χ0n) is 14.6. The van der Waals surface area contributed by atoms with E-state index in [0.29, 0.717) is 31.6 Å². The average molecular weight is 465 g/mol. The Hall–Kier alpha value is -0.250. The maximum absolute atomic E-state index is 12.2. The Kier molecular flexibility index (Phi) is 12.9. The van der Waals surface area contributed by atoms with E-state index in [1.807, 2.05) is 13.8 Å². The van der Waals surface area contributed by atoms with Gasteiger partial charge in [0.1, 0.15) is 0 Å². The summed E-state index contributed by atoms with van der Waals surface area (Å²) < 4.78 is 42.4. The summed E-state index contributed by atoms with van der Waals surface area (Å²) in [6.07, 6.45) is 0.959. The molecule has 1 rings (SSSR count). The van der Waals surface area contributed by atoms with Crippen molar-refractivity contribution < 1.29 is 17.9 Å². The normalized spacial score (nSPS) is 17.5. The molecule has 2 N–H and O–H groups in total. The van der Waals surface area contributed by atoms with Crippen LogP contribution >= 0.6 is 24.0 Å². The first-order valence-electron chi connectivity index (χ1n) is 8.66. The molecule has 4 nitrogen and oxygen atoms in total. The van der Waals surface area contributed by atoms with Crippen molar-refractivity contribution in [3.63, 3.8) is 0 Å². The molecule has 1 unspecified atom stereocenters. The maximum atomic E-state index is 12.2. The fourth-order valence-corrected chi connectivity index (χ4v) is 2.97. The van der Waals surface area contributed by atoms with Gasteiger partial charge in [-0.15, -0.1) is 24.0 Å². The van der Waals surface area contributed by atoms with E-state index in [2.05, 4.69) is 15.6 Å². The molecule has 0 saturated heterocycles. The maximum Gasteiger partial charge on any atom is 0.390 e. The predicted octanol–water partition coefficient (Wildman–Crippen LogP) is 4.10. The van der Waals surface area contributed by atoms with Gasteiger partial charge in [0.2, 0.25) is 0 Å². The lowest BCUT2D eigenvalue weighted by molar-refractivity contribution is -0.132. The van der Waals surface area contributed by atoms with Gasteiger partial charge in [0.25, 0.3) is 0 Å². The largest absolute Gasteiger partial charge is 0.390 e. The monoisotopic (exact) mass is 465 g/mol. The molecule has 0 radical (unpaired) electrons. The Balaban J connectivity index is 0.00000529. The fraction of sp³-hybridized carbons (Fsp3) is 0.938. The van der Waals surface area contributed by atoms with Crippen molar-refractivity contribution in [2.45, 2.75) is 64.7 Å². The van der Waals surface area contributed by atoms with Gasteiger partial charge >= 0.3 is 6.18 Å². The van der Waals surface area contributed by atoms with E-state index >= 15 is 0 Å². The molecule has 0 aromatic heterocycles. The second-order valence-corrected chi connectivity index (χ2v) is 5.88. The van der Waals surface area contributed by atoms with Crippen LogP contribution in [0.3, 0.4) is 0 Å². The van der Waals surface area contributed by atoms with Gasteiger partial charge in [-0.25, -0.2) is 0 Å². The summed E-state index contributed by atoms with van der Waals surface area (Å²) >= 11 is 0. The van der Waals surface area contributed by atoms with Gasteiger partial charge in [-0.2, -0.15) is 13.2 Å². The average Bonchev–Trinajstić information content (AvgIpc) is 2.99. The van der Waals surface area contributed by atoms with Crippen LogP contribution in [-0.4, -0.2) is 44.5 Å². The minimum Gasteiger partial charge on any atom is -0.378 e. The molecule has 0 aromatic rings. The van der Waals surface area contributed by atoms with Crippen LogP contribution in [0.15, 0.2) is 4.99 Å². The molecule has 24 heavy (non-hydrogen) atoms. The Labute approximate surface area is 160 Å². The number of hydrogen-bond donors (Lipinski definition) is 2. The van der Waals surface area contributed by atoms with Gasteiger partial charge < -0.3 is 15.4 Å². The summed E-state index contributed by atoms with van der Waals surface area (Å²) in [7, 11) is 0. The third-order valence-corrected chi connectivity index (χ3v) is 4.04. The number of nitrogens with one attached hydrogen (secondary N) is 2. The van der Waals surface area contributed by atoms with Gasteiger partial charge in [0.15, 0.2) is 5.96 Å². The second kappa shape index (κ2) is 13.0. The van der Waals surface area contributed by atoms with Crippen LogP contribution in [0.2, 0.25) is 0 Å². The molecule has 8 heteroatoms. The third kappa shape index (κ3) is 10.6. The summed E-state index contributed by atoms with van der Waals surface area (Å²) in [6.45, 7) is 5.59. The molecule has 0 aromatic carbocycles. The molecule has 1 fully saturated rings. The van der Waals surface area contributed by atoms with Crippen LogP contribution < -0.4 is 10.6 Å². The van der Waals surface area contributed by atoms with Crippen LogP contribution in [0, 0.1) is 5.92 Å². The van der Waals surface area contributed by atoms with E-state index in [0.717, 1.165) is 6.42 Å². The molecule has 1 saturated carbocycles. The first kappa shape index (κ1) is 23.8. The predicted molar refractivity (Wildman–Crippen MR) is 102 cm³/mol. The number of aliphatic imine (C=N–C) groups is 1. The number of nitrogens with zero attached hydrogens (tertiary/aromatic N) is 1. The SMILES string of the molecule is CCNC(=NCCC(OCC)C1CCCC1)NCCC(F)(F)F.I. The topological polar surface area (TPSA) is 45.7 Å². The number of ether oxygens (including phenoxy) is 1. The lowest BCUT2D eigenvalue weighted by atomic mass is 9.98. The van der Waals surface area contributed by atoms with Crippen LogP contribution in [0.5, 0.6) is 0 Å². The Morgan fingerprint density at radius 1 is 1.21 bits per heavy atom. The van der Waals surface area contributed by atoms with E-state index in [9.17, 15) is 13.2 Å². The van der Waals surface area contributed by atoms with Gasteiger partial charge in [-0.1, -0.05) is 12.8 Å². The van der Waals surface area contributed by atoms with Gasteiger partial charge in [0, 0.05) is 26.2 Å². The van der Waals surface area contributed by atoms with E-state index in [-0.39, 0.29) is 36.6 Å². The van der Waals surface area contributed by atoms with E-state index in [1.165, 1.54) is 25.7 Å². The highest BCUT2D eigenvalue weighted by Crippen LogP contribution is 2.30. The first-order valence-corrected chi connectivity index (χ1v) is 8.66. The van der Waals surface area contributed by atoms with Gasteiger partial charge in [0.05, 0.1) is 12.5 Å². The molecular weight excluding hydrogens is 434 g/mol. The zero-order valence-corrected chi connectivity index (χ0v) is 17.0. The highest BCUT2D eigenvalue weighted by molar-refractivity contribution is 14.0. The highest BCUT2D eigenvalue weighted by atomic mass is 127. The molecule has 1 aliphatic carbocycles. The lowest BCUT2D eigenvalue weighted by Gasteiger charge is -2.22. The smallest absolute Gasteiger partial charge is 0.378 e. The van der Waals surface area contributed by atoms with Crippen molar-refractivity contribution in [1.29, 1.82) is 0 Å². The van der Waals surface area contributed by atoms with Crippen molar-refractivity contribution in [2.75, 3.05) is 26.2 Å². The molecule has 0 spiro atoms.